The fourth-order valence-electron chi connectivity index (χ4n) is 3.99. The highest BCUT2D eigenvalue weighted by Gasteiger charge is 2.31. The Morgan fingerprint density at radius 1 is 1.07 bits per heavy atom. The van der Waals surface area contributed by atoms with E-state index in [-0.39, 0.29) is 11.8 Å². The molecule has 8 nitrogen and oxygen atoms in total. The number of likely N-dealkylation sites (tertiary alicyclic amines) is 1. The number of hydrogen-bond donors (Lipinski definition) is 1. The minimum absolute atomic E-state index is 0.253. The van der Waals surface area contributed by atoms with Gasteiger partial charge in [-0.3, -0.25) is 24.5 Å². The van der Waals surface area contributed by atoms with Gasteiger partial charge in [0.05, 0.1) is 11.4 Å². The molecule has 2 saturated heterocycles. The maximum Gasteiger partial charge on any atom is 0.249 e. The van der Waals surface area contributed by atoms with Crippen LogP contribution in [0.2, 0.25) is 0 Å². The molecule has 0 saturated carbocycles. The Morgan fingerprint density at radius 3 is 2.39 bits per heavy atom. The summed E-state index contributed by atoms with van der Waals surface area (Å²) in [5, 5.41) is 2.38. The molecule has 1 aromatic rings. The summed E-state index contributed by atoms with van der Waals surface area (Å²) in [5.74, 6) is -0.245. The third-order valence-corrected chi connectivity index (χ3v) is 5.75. The molecule has 0 spiro atoms. The first-order valence-corrected chi connectivity index (χ1v) is 9.52. The number of anilines is 2. The van der Waals surface area contributed by atoms with Crippen molar-refractivity contribution in [1.82, 2.24) is 10.2 Å². The summed E-state index contributed by atoms with van der Waals surface area (Å²) in [6.45, 7) is 1.45. The Balaban J connectivity index is 1.87. The third kappa shape index (κ3) is 4.00. The van der Waals surface area contributed by atoms with E-state index in [1.165, 1.54) is 4.90 Å². The molecule has 0 radical (unpaired) electrons. The van der Waals surface area contributed by atoms with Gasteiger partial charge in [-0.25, -0.2) is 0 Å². The maximum atomic E-state index is 12.3. The average molecular weight is 386 g/mol. The molecule has 2 aliphatic heterocycles. The average Bonchev–Trinajstić information content (AvgIpc) is 2.72. The van der Waals surface area contributed by atoms with E-state index in [0.29, 0.717) is 18.8 Å². The smallest absolute Gasteiger partial charge is 0.249 e. The van der Waals surface area contributed by atoms with E-state index in [1.807, 2.05) is 23.1 Å². The monoisotopic (exact) mass is 386 g/mol. The number of amides is 4. The van der Waals surface area contributed by atoms with Crippen molar-refractivity contribution in [2.24, 2.45) is 0 Å². The maximum absolute atomic E-state index is 12.3. The Hall–Kier alpha value is -2.90. The van der Waals surface area contributed by atoms with Crippen molar-refractivity contribution in [3.63, 3.8) is 0 Å². The van der Waals surface area contributed by atoms with Crippen LogP contribution in [0.25, 0.3) is 0 Å². The fraction of sp³-hybridized carbons (Fsp3) is 0.500. The Morgan fingerprint density at radius 2 is 1.79 bits per heavy atom. The van der Waals surface area contributed by atoms with Crippen LogP contribution in [0, 0.1) is 0 Å². The number of rotatable bonds is 6. The lowest BCUT2D eigenvalue weighted by atomic mass is 9.89. The van der Waals surface area contributed by atoms with Crippen LogP contribution in [0.15, 0.2) is 18.2 Å². The summed E-state index contributed by atoms with van der Waals surface area (Å²) in [7, 11) is 3.49. The molecule has 1 N–H and O–H groups in total. The summed E-state index contributed by atoms with van der Waals surface area (Å²) in [6, 6.07) is 5.49. The second-order valence-electron chi connectivity index (χ2n) is 7.46. The zero-order chi connectivity index (χ0) is 20.3. The number of imide groups is 1. The zero-order valence-electron chi connectivity index (χ0n) is 16.3. The molecule has 28 heavy (non-hydrogen) atoms. The summed E-state index contributed by atoms with van der Waals surface area (Å²) in [5.41, 5.74) is 2.60. The van der Waals surface area contributed by atoms with Crippen molar-refractivity contribution in [2.75, 3.05) is 37.0 Å². The number of nitrogens with one attached hydrogen (secondary N) is 1. The second-order valence-corrected chi connectivity index (χ2v) is 7.46. The van der Waals surface area contributed by atoms with E-state index in [9.17, 15) is 19.2 Å². The van der Waals surface area contributed by atoms with Crippen LogP contribution in [0.1, 0.15) is 37.2 Å². The molecule has 2 heterocycles. The largest absolute Gasteiger partial charge is 0.361 e. The van der Waals surface area contributed by atoms with Gasteiger partial charge in [0.1, 0.15) is 6.04 Å². The van der Waals surface area contributed by atoms with Gasteiger partial charge in [-0.05, 0) is 42.9 Å². The molecule has 0 bridgehead atoms. The van der Waals surface area contributed by atoms with Crippen LogP contribution in [-0.2, 0) is 19.2 Å². The first kappa shape index (κ1) is 19.9. The van der Waals surface area contributed by atoms with Gasteiger partial charge in [0.25, 0.3) is 0 Å². The van der Waals surface area contributed by atoms with Crippen molar-refractivity contribution >= 4 is 36.0 Å². The van der Waals surface area contributed by atoms with Crippen molar-refractivity contribution < 1.29 is 19.2 Å². The van der Waals surface area contributed by atoms with Gasteiger partial charge in [0.2, 0.25) is 24.6 Å². The van der Waals surface area contributed by atoms with Gasteiger partial charge < -0.3 is 14.7 Å². The highest BCUT2D eigenvalue weighted by Crippen LogP contribution is 2.36. The summed E-state index contributed by atoms with van der Waals surface area (Å²) in [4.78, 5) is 51.2. The van der Waals surface area contributed by atoms with Gasteiger partial charge in [-0.1, -0.05) is 6.07 Å². The number of hydrogen-bond acceptors (Lipinski definition) is 5. The Kier molecular flexibility index (Phi) is 5.96. The van der Waals surface area contributed by atoms with Gasteiger partial charge in [0.15, 0.2) is 0 Å². The van der Waals surface area contributed by atoms with Crippen molar-refractivity contribution in [2.45, 2.75) is 37.6 Å². The minimum atomic E-state index is -0.460. The molecular weight excluding hydrogens is 360 g/mol. The fourth-order valence-corrected chi connectivity index (χ4v) is 3.99. The first-order valence-electron chi connectivity index (χ1n) is 9.52. The second kappa shape index (κ2) is 8.41. The zero-order valence-corrected chi connectivity index (χ0v) is 16.3. The lowest BCUT2D eigenvalue weighted by Crippen LogP contribution is -2.51. The quantitative estimate of drug-likeness (QED) is 0.578. The van der Waals surface area contributed by atoms with E-state index in [1.54, 1.807) is 19.0 Å². The highest BCUT2D eigenvalue weighted by atomic mass is 16.2. The van der Waals surface area contributed by atoms with Crippen LogP contribution in [-0.4, -0.2) is 62.8 Å². The van der Waals surface area contributed by atoms with E-state index in [0.717, 1.165) is 55.7 Å². The van der Waals surface area contributed by atoms with Crippen molar-refractivity contribution in [3.8, 4) is 0 Å². The SMILES string of the molecule is CN(C=O)c1cc(C2CCN(C=O)CC2)ccc1N(C)C1CCC(=O)NC1=O. The lowest BCUT2D eigenvalue weighted by molar-refractivity contribution is -0.134. The van der Waals surface area contributed by atoms with E-state index >= 15 is 0 Å². The van der Waals surface area contributed by atoms with Crippen LogP contribution >= 0.6 is 0 Å². The predicted octanol–water partition coefficient (Wildman–Crippen LogP) is 0.856. The van der Waals surface area contributed by atoms with E-state index in [4.69, 9.17) is 0 Å². The normalized spacial score (nSPS) is 20.5. The van der Waals surface area contributed by atoms with Crippen molar-refractivity contribution in [3.05, 3.63) is 23.8 Å². The number of benzene rings is 1. The molecule has 1 aromatic carbocycles. The number of likely N-dealkylation sites (N-methyl/N-ethyl adjacent to an activating group) is 1. The predicted molar refractivity (Wildman–Crippen MR) is 105 cm³/mol. The molecule has 2 aliphatic rings. The third-order valence-electron chi connectivity index (χ3n) is 5.75. The molecular formula is C20H26N4O4. The van der Waals surface area contributed by atoms with Crippen LogP contribution in [0.4, 0.5) is 11.4 Å². The standard InChI is InChI=1S/C20H26N4O4/c1-22(12-25)18-11-15(14-7-9-24(13-26)10-8-14)3-4-16(18)23(2)17-5-6-19(27)21-20(17)28/h3-4,11-14,17H,5-10H2,1-2H3,(H,21,27,28). The molecule has 2 fully saturated rings. The van der Waals surface area contributed by atoms with E-state index < -0.39 is 6.04 Å². The highest BCUT2D eigenvalue weighted by molar-refractivity contribution is 6.02. The van der Waals surface area contributed by atoms with Gasteiger partial charge in [-0.15, -0.1) is 0 Å². The Labute approximate surface area is 164 Å². The van der Waals surface area contributed by atoms with Crippen LogP contribution < -0.4 is 15.1 Å². The number of carbonyl (C=O) groups is 4. The molecule has 1 unspecified atom stereocenters. The van der Waals surface area contributed by atoms with Gasteiger partial charge in [0, 0.05) is 33.6 Å². The molecule has 0 aliphatic carbocycles. The molecule has 4 amide bonds. The lowest BCUT2D eigenvalue weighted by Gasteiger charge is -2.34. The minimum Gasteiger partial charge on any atom is -0.361 e. The van der Waals surface area contributed by atoms with Crippen LogP contribution in [0.5, 0.6) is 0 Å². The molecule has 0 aromatic heterocycles. The summed E-state index contributed by atoms with van der Waals surface area (Å²) < 4.78 is 0. The summed E-state index contributed by atoms with van der Waals surface area (Å²) in [6.07, 6.45) is 4.14. The Bertz CT molecular complexity index is 773. The van der Waals surface area contributed by atoms with E-state index in [2.05, 4.69) is 5.32 Å². The van der Waals surface area contributed by atoms with Gasteiger partial charge in [-0.2, -0.15) is 0 Å². The molecule has 150 valence electrons. The van der Waals surface area contributed by atoms with Crippen molar-refractivity contribution in [1.29, 1.82) is 0 Å². The number of nitrogens with zero attached hydrogens (tertiary/aromatic N) is 3. The first-order chi connectivity index (χ1) is 13.4. The molecule has 3 rings (SSSR count). The topological polar surface area (TPSA) is 90.0 Å². The van der Waals surface area contributed by atoms with Gasteiger partial charge >= 0.3 is 0 Å². The number of carbonyl (C=O) groups excluding carboxylic acids is 4. The van der Waals surface area contributed by atoms with Crippen LogP contribution in [0.3, 0.4) is 0 Å². The number of piperidine rings is 2. The summed E-state index contributed by atoms with van der Waals surface area (Å²) >= 11 is 0. The molecule has 1 atom stereocenters. The molecule has 8 heteroatoms.